The highest BCUT2D eigenvalue weighted by Gasteiger charge is 2.09. The monoisotopic (exact) mass is 526 g/mol. The highest BCUT2D eigenvalue weighted by atomic mass is 14.8. The number of hydrogen-bond acceptors (Lipinski definition) is 2. The molecule has 0 aromatic heterocycles. The van der Waals surface area contributed by atoms with E-state index in [1.807, 2.05) is 37.4 Å². The first-order valence-corrected chi connectivity index (χ1v) is 13.8. The number of nitrogens with zero attached hydrogens (tertiary/aromatic N) is 2. The van der Waals surface area contributed by atoms with Crippen LogP contribution in [0.2, 0.25) is 0 Å². The molecule has 0 saturated heterocycles. The predicted octanol–water partition coefficient (Wildman–Crippen LogP) is 10.8. The molecule has 0 saturated carbocycles. The molecule has 0 atom stereocenters. The highest BCUT2D eigenvalue weighted by molar-refractivity contribution is 6.30. The van der Waals surface area contributed by atoms with Crippen molar-refractivity contribution in [3.63, 3.8) is 0 Å². The van der Waals surface area contributed by atoms with E-state index in [9.17, 15) is 0 Å². The van der Waals surface area contributed by atoms with Gasteiger partial charge in [0, 0.05) is 6.21 Å². The molecule has 2 nitrogen and oxygen atoms in total. The van der Waals surface area contributed by atoms with Gasteiger partial charge >= 0.3 is 0 Å². The summed E-state index contributed by atoms with van der Waals surface area (Å²) in [5, 5.41) is 0. The molecule has 6 rings (SSSR count). The third kappa shape index (κ3) is 6.29. The maximum absolute atomic E-state index is 4.96. The van der Waals surface area contributed by atoms with Crippen LogP contribution in [0.25, 0.3) is 44.5 Å². The fourth-order valence-corrected chi connectivity index (χ4v) is 5.01. The molecule has 6 aromatic carbocycles. The summed E-state index contributed by atoms with van der Waals surface area (Å²) in [7, 11) is 0. The highest BCUT2D eigenvalue weighted by Crippen LogP contribution is 2.35. The van der Waals surface area contributed by atoms with Crippen LogP contribution in [0.3, 0.4) is 0 Å². The quantitative estimate of drug-likeness (QED) is 0.185. The van der Waals surface area contributed by atoms with Crippen LogP contribution in [0.15, 0.2) is 168 Å². The van der Waals surface area contributed by atoms with E-state index < -0.39 is 0 Å². The molecule has 6 aromatic rings. The Labute approximate surface area is 242 Å². The Kier molecular flexibility index (Phi) is 7.73. The Morgan fingerprint density at radius 2 is 0.878 bits per heavy atom. The minimum Gasteiger partial charge on any atom is -0.255 e. The molecule has 196 valence electrons. The summed E-state index contributed by atoms with van der Waals surface area (Å²) in [5.74, 6) is 0. The molecule has 0 radical (unpaired) electrons. The van der Waals surface area contributed by atoms with Gasteiger partial charge in [-0.25, -0.2) is 0 Å². The van der Waals surface area contributed by atoms with E-state index >= 15 is 0 Å². The second-order valence-corrected chi connectivity index (χ2v) is 9.97. The average Bonchev–Trinajstić information content (AvgIpc) is 3.05. The van der Waals surface area contributed by atoms with Crippen LogP contribution >= 0.6 is 0 Å². The lowest BCUT2D eigenvalue weighted by Crippen LogP contribution is -1.92. The van der Waals surface area contributed by atoms with Gasteiger partial charge in [0.05, 0.1) is 17.1 Å². The molecule has 0 bridgehead atoms. The maximum atomic E-state index is 4.96. The van der Waals surface area contributed by atoms with Crippen molar-refractivity contribution in [1.29, 1.82) is 0 Å². The van der Waals surface area contributed by atoms with Crippen LogP contribution in [0, 0.1) is 0 Å². The fraction of sp³-hybridized carbons (Fsp3) is 0.0256. The van der Waals surface area contributed by atoms with Gasteiger partial charge in [0.15, 0.2) is 0 Å². The van der Waals surface area contributed by atoms with Gasteiger partial charge in [-0.3, -0.25) is 9.98 Å². The first-order chi connectivity index (χ1) is 20.2. The van der Waals surface area contributed by atoms with E-state index in [-0.39, 0.29) is 0 Å². The molecule has 0 fully saturated rings. The number of rotatable bonds is 7. The standard InChI is InChI=1S/C39H30N2/c1-29(41-37-25-34(30-14-6-2-7-15-30)24-35(26-37)31-16-8-3-9-17-31)28-40-36-22-23-38(32-18-10-4-11-19-32)39(27-36)33-20-12-5-13-21-33/h2-28H,1H3. The Morgan fingerprint density at radius 3 is 1.39 bits per heavy atom. The third-order valence-corrected chi connectivity index (χ3v) is 7.01. The lowest BCUT2D eigenvalue weighted by molar-refractivity contribution is 1.48. The van der Waals surface area contributed by atoms with Gasteiger partial charge in [0.2, 0.25) is 0 Å². The summed E-state index contributed by atoms with van der Waals surface area (Å²) in [6.07, 6.45) is 1.85. The van der Waals surface area contributed by atoms with Crippen molar-refractivity contribution in [3.05, 3.63) is 158 Å². The molecule has 0 spiro atoms. The second kappa shape index (κ2) is 12.2. The van der Waals surface area contributed by atoms with Crippen molar-refractivity contribution in [2.24, 2.45) is 9.98 Å². The molecule has 0 aliphatic rings. The van der Waals surface area contributed by atoms with Crippen molar-refractivity contribution in [3.8, 4) is 44.5 Å². The topological polar surface area (TPSA) is 24.7 Å². The molecular weight excluding hydrogens is 496 g/mol. The lowest BCUT2D eigenvalue weighted by atomic mass is 9.94. The minimum atomic E-state index is 0.836. The molecule has 0 unspecified atom stereocenters. The van der Waals surface area contributed by atoms with Gasteiger partial charge in [0.25, 0.3) is 0 Å². The first kappa shape index (κ1) is 25.9. The van der Waals surface area contributed by atoms with E-state index in [1.54, 1.807) is 0 Å². The van der Waals surface area contributed by atoms with Crippen molar-refractivity contribution in [2.75, 3.05) is 0 Å². The number of benzene rings is 6. The lowest BCUT2D eigenvalue weighted by Gasteiger charge is -2.11. The van der Waals surface area contributed by atoms with Crippen LogP contribution in [0.4, 0.5) is 11.4 Å². The summed E-state index contributed by atoms with van der Waals surface area (Å²) >= 11 is 0. The summed E-state index contributed by atoms with van der Waals surface area (Å²) < 4.78 is 0. The van der Waals surface area contributed by atoms with E-state index in [0.717, 1.165) is 33.8 Å². The first-order valence-electron chi connectivity index (χ1n) is 13.8. The van der Waals surface area contributed by atoms with Crippen molar-refractivity contribution in [2.45, 2.75) is 6.92 Å². The zero-order chi connectivity index (χ0) is 27.9. The van der Waals surface area contributed by atoms with Crippen LogP contribution in [-0.4, -0.2) is 11.9 Å². The summed E-state index contributed by atoms with van der Waals surface area (Å²) in [6, 6.07) is 54.8. The normalized spacial score (nSPS) is 11.6. The second-order valence-electron chi connectivity index (χ2n) is 9.97. The van der Waals surface area contributed by atoms with Gasteiger partial charge in [-0.1, -0.05) is 127 Å². The molecule has 0 aliphatic carbocycles. The van der Waals surface area contributed by atoms with Gasteiger partial charge < -0.3 is 0 Å². The molecule has 2 heteroatoms. The minimum absolute atomic E-state index is 0.836. The maximum Gasteiger partial charge on any atom is 0.0645 e. The van der Waals surface area contributed by atoms with E-state index in [0.29, 0.717) is 0 Å². The molecule has 0 amide bonds. The van der Waals surface area contributed by atoms with Gasteiger partial charge in [-0.05, 0) is 81.8 Å². The van der Waals surface area contributed by atoms with Gasteiger partial charge in [0.1, 0.15) is 0 Å². The number of hydrogen-bond donors (Lipinski definition) is 0. The zero-order valence-corrected chi connectivity index (χ0v) is 23.0. The van der Waals surface area contributed by atoms with Crippen LogP contribution < -0.4 is 0 Å². The van der Waals surface area contributed by atoms with E-state index in [4.69, 9.17) is 9.98 Å². The summed E-state index contributed by atoms with van der Waals surface area (Å²) in [4.78, 5) is 9.79. The largest absolute Gasteiger partial charge is 0.255 e. The Balaban J connectivity index is 1.35. The van der Waals surface area contributed by atoms with Crippen LogP contribution in [-0.2, 0) is 0 Å². The van der Waals surface area contributed by atoms with Crippen LogP contribution in [0.5, 0.6) is 0 Å². The molecular formula is C39H30N2. The predicted molar refractivity (Wildman–Crippen MR) is 176 cm³/mol. The molecule has 41 heavy (non-hydrogen) atoms. The molecule has 0 heterocycles. The fourth-order valence-electron chi connectivity index (χ4n) is 5.01. The zero-order valence-electron chi connectivity index (χ0n) is 23.0. The Hall–Kier alpha value is -5.34. The van der Waals surface area contributed by atoms with E-state index in [1.165, 1.54) is 27.8 Å². The van der Waals surface area contributed by atoms with E-state index in [2.05, 4.69) is 133 Å². The average molecular weight is 527 g/mol. The Morgan fingerprint density at radius 1 is 0.415 bits per heavy atom. The van der Waals surface area contributed by atoms with Gasteiger partial charge in [-0.15, -0.1) is 0 Å². The molecule has 0 aliphatic heterocycles. The van der Waals surface area contributed by atoms with Crippen molar-refractivity contribution < 1.29 is 0 Å². The Bertz CT molecular complexity index is 1750. The summed E-state index contributed by atoms with van der Waals surface area (Å²) in [6.45, 7) is 2.00. The third-order valence-electron chi connectivity index (χ3n) is 7.01. The SMILES string of the molecule is CC(C=Nc1ccc(-c2ccccc2)c(-c2ccccc2)c1)=Nc1cc(-c2ccccc2)cc(-c2ccccc2)c1. The molecule has 0 N–H and O–H groups in total. The van der Waals surface area contributed by atoms with Crippen LogP contribution in [0.1, 0.15) is 6.92 Å². The smallest absolute Gasteiger partial charge is 0.0645 e. The number of aliphatic imine (C=N–C) groups is 2. The summed E-state index contributed by atoms with van der Waals surface area (Å²) in [5.41, 5.74) is 11.9. The van der Waals surface area contributed by atoms with Gasteiger partial charge in [-0.2, -0.15) is 0 Å². The van der Waals surface area contributed by atoms with Crippen molar-refractivity contribution in [1.82, 2.24) is 0 Å². The van der Waals surface area contributed by atoms with Crippen molar-refractivity contribution >= 4 is 23.3 Å².